The molecule has 0 aromatic heterocycles. The van der Waals surface area contributed by atoms with Crippen molar-refractivity contribution in [2.45, 2.75) is 52.2 Å². The summed E-state index contributed by atoms with van der Waals surface area (Å²) < 4.78 is 0. The Bertz CT molecular complexity index is 729. The number of carbonyl (C=O) groups excluding carboxylic acids is 3. The predicted octanol–water partition coefficient (Wildman–Crippen LogP) is 2.01. The van der Waals surface area contributed by atoms with E-state index in [2.05, 4.69) is 17.2 Å². The lowest BCUT2D eigenvalue weighted by atomic mass is 9.94. The zero-order valence-corrected chi connectivity index (χ0v) is 16.5. The molecule has 2 N–H and O–H groups in total. The summed E-state index contributed by atoms with van der Waals surface area (Å²) in [7, 11) is 0. The van der Waals surface area contributed by atoms with Crippen LogP contribution in [0.1, 0.15) is 39.7 Å². The molecule has 146 valence electrons. The van der Waals surface area contributed by atoms with Crippen LogP contribution in [0, 0.1) is 5.92 Å². The average molecular weight is 371 g/mol. The molecule has 6 nitrogen and oxygen atoms in total. The number of likely N-dealkylation sites (tertiary alicyclic amines) is 1. The van der Waals surface area contributed by atoms with Crippen LogP contribution in [-0.4, -0.2) is 40.7 Å². The molecule has 1 aliphatic heterocycles. The fourth-order valence-electron chi connectivity index (χ4n) is 3.43. The van der Waals surface area contributed by atoms with Crippen molar-refractivity contribution in [3.05, 3.63) is 48.0 Å². The third-order valence-electron chi connectivity index (χ3n) is 4.91. The van der Waals surface area contributed by atoms with Crippen molar-refractivity contribution in [1.29, 1.82) is 0 Å². The standard InChI is InChI=1S/C21H29N3O3/c1-14(2)18(23-16(4)25)19(26)24-13-15(3)11-21(24,5)20(27)22-12-17-9-7-6-8-10-17/h6-10,14,18H,3,11-13H2,1-2,4-5H3,(H,22,27)(H,23,25)/t18-,21+/m0/s1. The lowest BCUT2D eigenvalue weighted by Crippen LogP contribution is -2.60. The molecule has 0 bridgehead atoms. The number of nitrogens with one attached hydrogen (secondary N) is 2. The van der Waals surface area contributed by atoms with Crippen LogP contribution in [0.4, 0.5) is 0 Å². The number of hydrogen-bond acceptors (Lipinski definition) is 3. The van der Waals surface area contributed by atoms with E-state index in [1.165, 1.54) is 6.92 Å². The van der Waals surface area contributed by atoms with E-state index >= 15 is 0 Å². The molecule has 6 heteroatoms. The molecule has 1 fully saturated rings. The summed E-state index contributed by atoms with van der Waals surface area (Å²) in [6, 6.07) is 8.95. The maximum absolute atomic E-state index is 13.2. The second-order valence-electron chi connectivity index (χ2n) is 7.72. The van der Waals surface area contributed by atoms with Gasteiger partial charge in [0.05, 0.1) is 0 Å². The van der Waals surface area contributed by atoms with Gasteiger partial charge in [0, 0.05) is 26.4 Å². The van der Waals surface area contributed by atoms with Gasteiger partial charge in [-0.25, -0.2) is 0 Å². The Morgan fingerprint density at radius 1 is 1.22 bits per heavy atom. The molecule has 2 atom stereocenters. The van der Waals surface area contributed by atoms with Crippen LogP contribution in [0.3, 0.4) is 0 Å². The van der Waals surface area contributed by atoms with Crippen LogP contribution in [0.25, 0.3) is 0 Å². The summed E-state index contributed by atoms with van der Waals surface area (Å²) in [5.41, 5.74) is 0.794. The van der Waals surface area contributed by atoms with Crippen molar-refractivity contribution in [2.75, 3.05) is 6.54 Å². The van der Waals surface area contributed by atoms with E-state index in [0.29, 0.717) is 19.5 Å². The average Bonchev–Trinajstić information content (AvgIpc) is 2.93. The van der Waals surface area contributed by atoms with Gasteiger partial charge in [-0.2, -0.15) is 0 Å². The molecule has 2 rings (SSSR count). The largest absolute Gasteiger partial charge is 0.350 e. The third-order valence-corrected chi connectivity index (χ3v) is 4.91. The highest BCUT2D eigenvalue weighted by Crippen LogP contribution is 2.33. The molecular weight excluding hydrogens is 342 g/mol. The molecular formula is C21H29N3O3. The molecule has 0 saturated carbocycles. The van der Waals surface area contributed by atoms with Gasteiger partial charge in [-0.05, 0) is 18.4 Å². The van der Waals surface area contributed by atoms with Gasteiger partial charge in [0.15, 0.2) is 0 Å². The summed E-state index contributed by atoms with van der Waals surface area (Å²) in [5, 5.41) is 5.65. The van der Waals surface area contributed by atoms with Crippen molar-refractivity contribution in [1.82, 2.24) is 15.5 Å². The molecule has 1 aromatic rings. The molecule has 0 radical (unpaired) electrons. The Balaban J connectivity index is 2.18. The number of hydrogen-bond donors (Lipinski definition) is 2. The fourth-order valence-corrected chi connectivity index (χ4v) is 3.43. The van der Waals surface area contributed by atoms with Crippen molar-refractivity contribution >= 4 is 17.7 Å². The maximum Gasteiger partial charge on any atom is 0.246 e. The lowest BCUT2D eigenvalue weighted by molar-refractivity contribution is -0.147. The van der Waals surface area contributed by atoms with Gasteiger partial charge in [0.2, 0.25) is 17.7 Å². The Kier molecular flexibility index (Phi) is 6.41. The second kappa shape index (κ2) is 8.37. The highest BCUT2D eigenvalue weighted by Gasteiger charge is 2.49. The number of rotatable bonds is 6. The van der Waals surface area contributed by atoms with E-state index in [0.717, 1.165) is 11.1 Å². The lowest BCUT2D eigenvalue weighted by Gasteiger charge is -2.36. The summed E-state index contributed by atoms with van der Waals surface area (Å²) in [4.78, 5) is 39.2. The van der Waals surface area contributed by atoms with Crippen molar-refractivity contribution in [3.8, 4) is 0 Å². The van der Waals surface area contributed by atoms with Crippen LogP contribution >= 0.6 is 0 Å². The Morgan fingerprint density at radius 2 is 1.85 bits per heavy atom. The molecule has 27 heavy (non-hydrogen) atoms. The molecule has 1 aliphatic rings. The van der Waals surface area contributed by atoms with Crippen molar-refractivity contribution < 1.29 is 14.4 Å². The first kappa shape index (κ1) is 20.7. The van der Waals surface area contributed by atoms with Gasteiger partial charge in [0.1, 0.15) is 11.6 Å². The fraction of sp³-hybridized carbons (Fsp3) is 0.476. The van der Waals surface area contributed by atoms with E-state index in [-0.39, 0.29) is 23.6 Å². The van der Waals surface area contributed by atoms with Crippen LogP contribution in [0.2, 0.25) is 0 Å². The van der Waals surface area contributed by atoms with Crippen molar-refractivity contribution in [2.24, 2.45) is 5.92 Å². The van der Waals surface area contributed by atoms with Crippen LogP contribution in [0.15, 0.2) is 42.5 Å². The maximum atomic E-state index is 13.2. The van der Waals surface area contributed by atoms with E-state index < -0.39 is 11.6 Å². The first-order chi connectivity index (χ1) is 12.6. The number of benzene rings is 1. The summed E-state index contributed by atoms with van der Waals surface area (Å²) >= 11 is 0. The van der Waals surface area contributed by atoms with Gasteiger partial charge in [-0.15, -0.1) is 0 Å². The van der Waals surface area contributed by atoms with Crippen molar-refractivity contribution in [3.63, 3.8) is 0 Å². The summed E-state index contributed by atoms with van der Waals surface area (Å²) in [5.74, 6) is -0.831. The van der Waals surface area contributed by atoms with Crippen LogP contribution in [0.5, 0.6) is 0 Å². The van der Waals surface area contributed by atoms with E-state index in [9.17, 15) is 14.4 Å². The molecule has 3 amide bonds. The van der Waals surface area contributed by atoms with Crippen LogP contribution < -0.4 is 10.6 Å². The number of carbonyl (C=O) groups is 3. The zero-order chi connectivity index (χ0) is 20.2. The minimum absolute atomic E-state index is 0.0908. The van der Waals surface area contributed by atoms with Gasteiger partial charge in [0.25, 0.3) is 0 Å². The quantitative estimate of drug-likeness (QED) is 0.751. The Labute approximate surface area is 161 Å². The zero-order valence-electron chi connectivity index (χ0n) is 16.5. The third kappa shape index (κ3) is 4.76. The number of amides is 3. The molecule has 1 heterocycles. The van der Waals surface area contributed by atoms with Gasteiger partial charge >= 0.3 is 0 Å². The smallest absolute Gasteiger partial charge is 0.246 e. The van der Waals surface area contributed by atoms with Gasteiger partial charge in [-0.1, -0.05) is 56.3 Å². The molecule has 0 unspecified atom stereocenters. The molecule has 1 saturated heterocycles. The number of nitrogens with zero attached hydrogens (tertiary/aromatic N) is 1. The minimum atomic E-state index is -1.02. The monoisotopic (exact) mass is 371 g/mol. The van der Waals surface area contributed by atoms with Gasteiger partial charge in [-0.3, -0.25) is 14.4 Å². The predicted molar refractivity (Wildman–Crippen MR) is 105 cm³/mol. The van der Waals surface area contributed by atoms with Crippen LogP contribution in [-0.2, 0) is 20.9 Å². The first-order valence-corrected chi connectivity index (χ1v) is 9.22. The normalized spacial score (nSPS) is 20.5. The first-order valence-electron chi connectivity index (χ1n) is 9.22. The minimum Gasteiger partial charge on any atom is -0.350 e. The highest BCUT2D eigenvalue weighted by molar-refractivity contribution is 5.95. The Hall–Kier alpha value is -2.63. The second-order valence-corrected chi connectivity index (χ2v) is 7.72. The SMILES string of the molecule is C=C1CN(C(=O)[C@@H](NC(C)=O)C(C)C)[C@@](C)(C(=O)NCc2ccccc2)C1. The summed E-state index contributed by atoms with van der Waals surface area (Å²) in [6.07, 6.45) is 0.407. The summed E-state index contributed by atoms with van der Waals surface area (Å²) in [6.45, 7) is 11.6. The van der Waals surface area contributed by atoms with Gasteiger partial charge < -0.3 is 15.5 Å². The van der Waals surface area contributed by atoms with E-state index in [1.54, 1.807) is 11.8 Å². The van der Waals surface area contributed by atoms with E-state index in [1.807, 2.05) is 44.2 Å². The molecule has 1 aromatic carbocycles. The Morgan fingerprint density at radius 3 is 2.41 bits per heavy atom. The van der Waals surface area contributed by atoms with E-state index in [4.69, 9.17) is 0 Å². The topological polar surface area (TPSA) is 78.5 Å². The highest BCUT2D eigenvalue weighted by atomic mass is 16.2. The molecule has 0 spiro atoms. The molecule has 0 aliphatic carbocycles.